The Morgan fingerprint density at radius 2 is 2.10 bits per heavy atom. The minimum absolute atomic E-state index is 0.330. The first-order valence-electron chi connectivity index (χ1n) is 7.11. The van der Waals surface area contributed by atoms with E-state index in [4.69, 9.17) is 0 Å². The predicted molar refractivity (Wildman–Crippen MR) is 72.7 cm³/mol. The minimum atomic E-state index is -0.564. The first kappa shape index (κ1) is 14.5. The van der Waals surface area contributed by atoms with Crippen molar-refractivity contribution in [3.05, 3.63) is 12.2 Å². The summed E-state index contributed by atoms with van der Waals surface area (Å²) in [6, 6.07) is -0.330. The minimum Gasteiger partial charge on any atom is -0.338 e. The fourth-order valence-electron chi connectivity index (χ4n) is 2.38. The molecule has 0 radical (unpaired) electrons. The standard InChI is InChI=1S/C13H21N5O2/c1-3-6-18-11(14-9-15-18)10(2)16-12(19)13(20)17-7-4-5-8-17/h9-10H,3-8H2,1-2H3,(H,16,19). The highest BCUT2D eigenvalue weighted by atomic mass is 16.2. The van der Waals surface area contributed by atoms with Gasteiger partial charge in [-0.3, -0.25) is 9.59 Å². The molecule has 0 aromatic carbocycles. The number of likely N-dealkylation sites (tertiary alicyclic amines) is 1. The zero-order valence-corrected chi connectivity index (χ0v) is 12.0. The molecule has 1 aliphatic heterocycles. The van der Waals surface area contributed by atoms with Crippen molar-refractivity contribution in [1.29, 1.82) is 0 Å². The highest BCUT2D eigenvalue weighted by molar-refractivity contribution is 6.35. The largest absolute Gasteiger partial charge is 0.338 e. The third-order valence-corrected chi connectivity index (χ3v) is 3.40. The zero-order valence-electron chi connectivity index (χ0n) is 12.0. The topological polar surface area (TPSA) is 80.1 Å². The van der Waals surface area contributed by atoms with Crippen LogP contribution in [0.15, 0.2) is 6.33 Å². The Balaban J connectivity index is 1.96. The fourth-order valence-corrected chi connectivity index (χ4v) is 2.38. The average molecular weight is 279 g/mol. The SMILES string of the molecule is CCCn1ncnc1C(C)NC(=O)C(=O)N1CCCC1. The number of hydrogen-bond acceptors (Lipinski definition) is 4. The number of nitrogens with one attached hydrogen (secondary N) is 1. The van der Waals surface area contributed by atoms with E-state index in [1.807, 2.05) is 13.8 Å². The maximum atomic E-state index is 11.9. The molecule has 1 aromatic rings. The van der Waals surface area contributed by atoms with Gasteiger partial charge in [0.05, 0.1) is 6.04 Å². The second-order valence-corrected chi connectivity index (χ2v) is 5.04. The second-order valence-electron chi connectivity index (χ2n) is 5.04. The first-order valence-corrected chi connectivity index (χ1v) is 7.11. The zero-order chi connectivity index (χ0) is 14.5. The summed E-state index contributed by atoms with van der Waals surface area (Å²) < 4.78 is 1.76. The highest BCUT2D eigenvalue weighted by Crippen LogP contribution is 2.11. The summed E-state index contributed by atoms with van der Waals surface area (Å²) in [6.07, 6.45) is 4.35. The van der Waals surface area contributed by atoms with Crippen LogP contribution in [-0.2, 0) is 16.1 Å². The van der Waals surface area contributed by atoms with Gasteiger partial charge in [0.2, 0.25) is 0 Å². The quantitative estimate of drug-likeness (QED) is 0.813. The van der Waals surface area contributed by atoms with Crippen molar-refractivity contribution >= 4 is 11.8 Å². The third kappa shape index (κ3) is 3.15. The van der Waals surface area contributed by atoms with Crippen LogP contribution in [0.2, 0.25) is 0 Å². The smallest absolute Gasteiger partial charge is 0.311 e. The molecule has 0 aliphatic carbocycles. The van der Waals surface area contributed by atoms with Crippen molar-refractivity contribution in [3.63, 3.8) is 0 Å². The predicted octanol–water partition coefficient (Wildman–Crippen LogP) is 0.488. The van der Waals surface area contributed by atoms with Crippen molar-refractivity contribution in [1.82, 2.24) is 25.0 Å². The van der Waals surface area contributed by atoms with Crippen LogP contribution in [0.3, 0.4) is 0 Å². The lowest BCUT2D eigenvalue weighted by molar-refractivity contribution is -0.145. The summed E-state index contributed by atoms with van der Waals surface area (Å²) in [5.41, 5.74) is 0. The van der Waals surface area contributed by atoms with Gasteiger partial charge in [0, 0.05) is 19.6 Å². The van der Waals surface area contributed by atoms with Crippen molar-refractivity contribution < 1.29 is 9.59 Å². The number of carbonyl (C=O) groups excluding carboxylic acids is 2. The molecule has 2 heterocycles. The molecule has 0 spiro atoms. The molecular formula is C13H21N5O2. The van der Waals surface area contributed by atoms with Crippen molar-refractivity contribution in [3.8, 4) is 0 Å². The van der Waals surface area contributed by atoms with Crippen LogP contribution >= 0.6 is 0 Å². The average Bonchev–Trinajstić information content (AvgIpc) is 3.09. The number of carbonyl (C=O) groups is 2. The molecule has 1 fully saturated rings. The van der Waals surface area contributed by atoms with Gasteiger partial charge in [-0.05, 0) is 26.2 Å². The van der Waals surface area contributed by atoms with E-state index in [9.17, 15) is 9.59 Å². The van der Waals surface area contributed by atoms with Crippen LogP contribution in [-0.4, -0.2) is 44.6 Å². The summed E-state index contributed by atoms with van der Waals surface area (Å²) >= 11 is 0. The van der Waals surface area contributed by atoms with Crippen LogP contribution in [0.1, 0.15) is 45.0 Å². The Morgan fingerprint density at radius 3 is 2.75 bits per heavy atom. The molecule has 1 N–H and O–H groups in total. The van der Waals surface area contributed by atoms with Crippen molar-refractivity contribution in [2.75, 3.05) is 13.1 Å². The van der Waals surface area contributed by atoms with E-state index in [1.54, 1.807) is 9.58 Å². The number of rotatable bonds is 4. The molecule has 1 aliphatic rings. The maximum absolute atomic E-state index is 11.9. The van der Waals surface area contributed by atoms with Gasteiger partial charge >= 0.3 is 11.8 Å². The molecule has 1 saturated heterocycles. The number of amides is 2. The number of hydrogen-bond donors (Lipinski definition) is 1. The van der Waals surface area contributed by atoms with Gasteiger partial charge in [-0.2, -0.15) is 5.10 Å². The Kier molecular flexibility index (Phi) is 4.70. The molecular weight excluding hydrogens is 258 g/mol. The van der Waals surface area contributed by atoms with Crippen LogP contribution in [0, 0.1) is 0 Å². The second kappa shape index (κ2) is 6.49. The lowest BCUT2D eigenvalue weighted by atomic mass is 10.3. The summed E-state index contributed by atoms with van der Waals surface area (Å²) in [5.74, 6) is -0.337. The van der Waals surface area contributed by atoms with Gasteiger partial charge in [-0.15, -0.1) is 0 Å². The van der Waals surface area contributed by atoms with Crippen molar-refractivity contribution in [2.24, 2.45) is 0 Å². The van der Waals surface area contributed by atoms with E-state index in [0.29, 0.717) is 18.9 Å². The number of nitrogens with zero attached hydrogens (tertiary/aromatic N) is 4. The van der Waals surface area contributed by atoms with Gasteiger partial charge in [-0.25, -0.2) is 9.67 Å². The summed E-state index contributed by atoms with van der Waals surface area (Å²) in [4.78, 5) is 29.6. The van der Waals surface area contributed by atoms with Crippen LogP contribution in [0.4, 0.5) is 0 Å². The first-order chi connectivity index (χ1) is 9.63. The van der Waals surface area contributed by atoms with E-state index in [2.05, 4.69) is 15.4 Å². The molecule has 2 amide bonds. The number of aromatic nitrogens is 3. The highest BCUT2D eigenvalue weighted by Gasteiger charge is 2.26. The molecule has 2 rings (SSSR count). The lowest BCUT2D eigenvalue weighted by Gasteiger charge is -2.17. The van der Waals surface area contributed by atoms with E-state index in [1.165, 1.54) is 6.33 Å². The fraction of sp³-hybridized carbons (Fsp3) is 0.692. The molecule has 1 atom stereocenters. The van der Waals surface area contributed by atoms with Crippen LogP contribution < -0.4 is 5.32 Å². The Hall–Kier alpha value is -1.92. The Bertz CT molecular complexity index is 479. The molecule has 110 valence electrons. The molecule has 7 nitrogen and oxygen atoms in total. The van der Waals surface area contributed by atoms with Crippen LogP contribution in [0.25, 0.3) is 0 Å². The van der Waals surface area contributed by atoms with Crippen LogP contribution in [0.5, 0.6) is 0 Å². The summed E-state index contributed by atoms with van der Waals surface area (Å²) in [6.45, 7) is 5.95. The Labute approximate surface area is 118 Å². The van der Waals surface area contributed by atoms with Gasteiger partial charge < -0.3 is 10.2 Å². The maximum Gasteiger partial charge on any atom is 0.311 e. The van der Waals surface area contributed by atoms with Gasteiger partial charge in [0.1, 0.15) is 12.2 Å². The normalized spacial score (nSPS) is 16.2. The van der Waals surface area contributed by atoms with Gasteiger partial charge in [0.15, 0.2) is 0 Å². The van der Waals surface area contributed by atoms with E-state index < -0.39 is 11.8 Å². The molecule has 0 bridgehead atoms. The van der Waals surface area contributed by atoms with Gasteiger partial charge in [0.25, 0.3) is 0 Å². The molecule has 1 aromatic heterocycles. The molecule has 20 heavy (non-hydrogen) atoms. The van der Waals surface area contributed by atoms with E-state index in [0.717, 1.165) is 25.8 Å². The monoisotopic (exact) mass is 279 g/mol. The molecule has 1 unspecified atom stereocenters. The molecule has 0 saturated carbocycles. The number of aryl methyl sites for hydroxylation is 1. The van der Waals surface area contributed by atoms with Crippen molar-refractivity contribution in [2.45, 2.75) is 45.7 Å². The molecule has 7 heteroatoms. The van der Waals surface area contributed by atoms with Gasteiger partial charge in [-0.1, -0.05) is 6.92 Å². The Morgan fingerprint density at radius 1 is 1.40 bits per heavy atom. The van der Waals surface area contributed by atoms with E-state index in [-0.39, 0.29) is 6.04 Å². The third-order valence-electron chi connectivity index (χ3n) is 3.40. The summed E-state index contributed by atoms with van der Waals surface area (Å²) in [7, 11) is 0. The summed E-state index contributed by atoms with van der Waals surface area (Å²) in [5, 5.41) is 6.82. The lowest BCUT2D eigenvalue weighted by Crippen LogP contribution is -2.42. The van der Waals surface area contributed by atoms with E-state index >= 15 is 0 Å².